The van der Waals surface area contributed by atoms with E-state index >= 15 is 0 Å². The maximum absolute atomic E-state index is 11.6. The Hall–Kier alpha value is -1.91. The summed E-state index contributed by atoms with van der Waals surface area (Å²) in [6, 6.07) is 1.60. The fraction of sp³-hybridized carbons (Fsp3) is 0.417. The first-order valence-electron chi connectivity index (χ1n) is 5.90. The number of hydrogen-bond donors (Lipinski definition) is 1. The first kappa shape index (κ1) is 10.3. The predicted octanol–water partition coefficient (Wildman–Crippen LogP) is 1.53. The molecule has 0 saturated heterocycles. The average Bonchev–Trinajstić information content (AvgIpc) is 3.06. The highest BCUT2D eigenvalue weighted by Crippen LogP contribution is 2.38. The van der Waals surface area contributed by atoms with E-state index in [1.807, 2.05) is 17.8 Å². The predicted molar refractivity (Wildman–Crippen MR) is 63.7 cm³/mol. The van der Waals surface area contributed by atoms with Crippen LogP contribution in [0.15, 0.2) is 23.3 Å². The number of H-pyrrole nitrogens is 1. The Kier molecular flexibility index (Phi) is 2.31. The van der Waals surface area contributed by atoms with Crippen LogP contribution >= 0.6 is 0 Å². The average molecular weight is 230 g/mol. The Morgan fingerprint density at radius 1 is 1.53 bits per heavy atom. The van der Waals surface area contributed by atoms with Crippen molar-refractivity contribution in [2.75, 3.05) is 0 Å². The number of aromatic nitrogens is 4. The quantitative estimate of drug-likeness (QED) is 0.869. The zero-order valence-corrected chi connectivity index (χ0v) is 9.68. The molecule has 5 nitrogen and oxygen atoms in total. The summed E-state index contributed by atoms with van der Waals surface area (Å²) in [6.45, 7) is 2.83. The molecule has 1 aliphatic rings. The Morgan fingerprint density at radius 2 is 2.35 bits per heavy atom. The molecule has 0 atom stereocenters. The van der Waals surface area contributed by atoms with E-state index in [2.05, 4.69) is 15.1 Å². The third kappa shape index (κ3) is 2.00. The van der Waals surface area contributed by atoms with Crippen molar-refractivity contribution in [2.45, 2.75) is 32.2 Å². The van der Waals surface area contributed by atoms with Gasteiger partial charge in [-0.05, 0) is 19.8 Å². The number of hydrogen-bond acceptors (Lipinski definition) is 3. The van der Waals surface area contributed by atoms with Gasteiger partial charge in [-0.15, -0.1) is 0 Å². The minimum Gasteiger partial charge on any atom is -0.306 e. The lowest BCUT2D eigenvalue weighted by atomic mass is 10.2. The van der Waals surface area contributed by atoms with Crippen LogP contribution in [0.3, 0.4) is 0 Å². The van der Waals surface area contributed by atoms with Crippen LogP contribution in [-0.4, -0.2) is 19.7 Å². The summed E-state index contributed by atoms with van der Waals surface area (Å²) in [5.74, 6) is 1.11. The molecule has 1 saturated carbocycles. The molecule has 1 N–H and O–H groups in total. The molecule has 0 bridgehead atoms. The van der Waals surface area contributed by atoms with Crippen molar-refractivity contribution in [3.8, 4) is 11.4 Å². The molecule has 2 aromatic heterocycles. The van der Waals surface area contributed by atoms with Crippen molar-refractivity contribution in [1.82, 2.24) is 19.7 Å². The minimum atomic E-state index is -0.0823. The van der Waals surface area contributed by atoms with Gasteiger partial charge in [0.25, 0.3) is 5.56 Å². The molecule has 3 rings (SSSR count). The van der Waals surface area contributed by atoms with Gasteiger partial charge in [-0.1, -0.05) is 0 Å². The normalized spacial score (nSPS) is 15.1. The molecule has 0 aliphatic heterocycles. The molecule has 0 amide bonds. The third-order valence-electron chi connectivity index (χ3n) is 2.99. The van der Waals surface area contributed by atoms with Crippen LogP contribution < -0.4 is 5.56 Å². The Bertz CT molecular complexity index is 595. The van der Waals surface area contributed by atoms with Crippen LogP contribution in [0, 0.1) is 0 Å². The molecular weight excluding hydrogens is 216 g/mol. The van der Waals surface area contributed by atoms with Crippen LogP contribution in [0.2, 0.25) is 0 Å². The molecule has 5 heteroatoms. The lowest BCUT2D eigenvalue weighted by Crippen LogP contribution is -2.09. The molecule has 0 radical (unpaired) electrons. The molecule has 0 spiro atoms. The van der Waals surface area contributed by atoms with Gasteiger partial charge in [0, 0.05) is 24.7 Å². The molecule has 2 aromatic rings. The van der Waals surface area contributed by atoms with Gasteiger partial charge < -0.3 is 4.98 Å². The van der Waals surface area contributed by atoms with Crippen LogP contribution in [0.4, 0.5) is 0 Å². The van der Waals surface area contributed by atoms with E-state index in [1.165, 1.54) is 0 Å². The summed E-state index contributed by atoms with van der Waals surface area (Å²) < 4.78 is 1.82. The van der Waals surface area contributed by atoms with Crippen molar-refractivity contribution < 1.29 is 0 Å². The van der Waals surface area contributed by atoms with E-state index in [9.17, 15) is 4.79 Å². The number of rotatable bonds is 3. The lowest BCUT2D eigenvalue weighted by molar-refractivity contribution is 0.660. The van der Waals surface area contributed by atoms with Crippen LogP contribution in [0.25, 0.3) is 11.4 Å². The van der Waals surface area contributed by atoms with E-state index in [0.717, 1.165) is 30.6 Å². The van der Waals surface area contributed by atoms with Gasteiger partial charge >= 0.3 is 0 Å². The smallest absolute Gasteiger partial charge is 0.251 e. The highest BCUT2D eigenvalue weighted by atomic mass is 16.1. The maximum Gasteiger partial charge on any atom is 0.251 e. The van der Waals surface area contributed by atoms with E-state index < -0.39 is 0 Å². The largest absolute Gasteiger partial charge is 0.306 e. The highest BCUT2D eigenvalue weighted by molar-refractivity contribution is 5.52. The van der Waals surface area contributed by atoms with Gasteiger partial charge in [-0.25, -0.2) is 4.98 Å². The van der Waals surface area contributed by atoms with Crippen LogP contribution in [0.1, 0.15) is 31.4 Å². The summed E-state index contributed by atoms with van der Waals surface area (Å²) in [5.41, 5.74) is 1.69. The Balaban J connectivity index is 2.04. The van der Waals surface area contributed by atoms with E-state index in [0.29, 0.717) is 11.7 Å². The second kappa shape index (κ2) is 3.84. The summed E-state index contributed by atoms with van der Waals surface area (Å²) in [6.07, 6.45) is 5.92. The van der Waals surface area contributed by atoms with Crippen molar-refractivity contribution in [2.24, 2.45) is 0 Å². The van der Waals surface area contributed by atoms with Crippen molar-refractivity contribution >= 4 is 0 Å². The molecule has 0 unspecified atom stereocenters. The van der Waals surface area contributed by atoms with Gasteiger partial charge in [0.2, 0.25) is 0 Å². The highest BCUT2D eigenvalue weighted by Gasteiger charge is 2.26. The van der Waals surface area contributed by atoms with Gasteiger partial charge in [0.15, 0.2) is 0 Å². The fourth-order valence-corrected chi connectivity index (χ4v) is 1.86. The zero-order valence-electron chi connectivity index (χ0n) is 9.68. The van der Waals surface area contributed by atoms with Crippen LogP contribution in [-0.2, 0) is 6.54 Å². The summed E-state index contributed by atoms with van der Waals surface area (Å²) in [7, 11) is 0. The number of aromatic amines is 1. The van der Waals surface area contributed by atoms with Crippen LogP contribution in [0.5, 0.6) is 0 Å². The second-order valence-electron chi connectivity index (χ2n) is 4.38. The molecule has 88 valence electrons. The Morgan fingerprint density at radius 3 is 3.00 bits per heavy atom. The number of aryl methyl sites for hydroxylation is 1. The molecule has 1 aliphatic carbocycles. The first-order valence-corrected chi connectivity index (χ1v) is 5.90. The monoisotopic (exact) mass is 230 g/mol. The number of nitrogens with one attached hydrogen (secondary N) is 1. The molecule has 1 fully saturated rings. The third-order valence-corrected chi connectivity index (χ3v) is 2.99. The Labute approximate surface area is 98.5 Å². The SMILES string of the molecule is CCn1cc(-c2nc(C3CC3)cc(=O)[nH]2)cn1. The van der Waals surface area contributed by atoms with Gasteiger partial charge in [-0.2, -0.15) is 5.10 Å². The maximum atomic E-state index is 11.6. The topological polar surface area (TPSA) is 63.6 Å². The number of nitrogens with zero attached hydrogens (tertiary/aromatic N) is 3. The van der Waals surface area contributed by atoms with E-state index in [-0.39, 0.29) is 5.56 Å². The summed E-state index contributed by atoms with van der Waals surface area (Å²) in [5, 5.41) is 4.19. The van der Waals surface area contributed by atoms with Gasteiger partial charge in [0.05, 0.1) is 17.5 Å². The molecule has 17 heavy (non-hydrogen) atoms. The van der Waals surface area contributed by atoms with E-state index in [1.54, 1.807) is 12.3 Å². The zero-order chi connectivity index (χ0) is 11.8. The van der Waals surface area contributed by atoms with Crippen molar-refractivity contribution in [3.63, 3.8) is 0 Å². The fourth-order valence-electron chi connectivity index (χ4n) is 1.86. The molecular formula is C12H14N4O. The molecule has 2 heterocycles. The second-order valence-corrected chi connectivity index (χ2v) is 4.38. The standard InChI is InChI=1S/C12H14N4O/c1-2-16-7-9(6-13-16)12-14-10(8-3-4-8)5-11(17)15-12/h5-8H,2-4H2,1H3,(H,14,15,17). The van der Waals surface area contributed by atoms with Gasteiger partial charge in [0.1, 0.15) is 5.82 Å². The summed E-state index contributed by atoms with van der Waals surface area (Å²) in [4.78, 5) is 18.8. The van der Waals surface area contributed by atoms with Crippen molar-refractivity contribution in [3.05, 3.63) is 34.5 Å². The lowest BCUT2D eigenvalue weighted by Gasteiger charge is -2.00. The van der Waals surface area contributed by atoms with E-state index in [4.69, 9.17) is 0 Å². The minimum absolute atomic E-state index is 0.0823. The molecule has 0 aromatic carbocycles. The van der Waals surface area contributed by atoms with Gasteiger partial charge in [-0.3, -0.25) is 9.48 Å². The summed E-state index contributed by atoms with van der Waals surface area (Å²) >= 11 is 0. The van der Waals surface area contributed by atoms with Crippen molar-refractivity contribution in [1.29, 1.82) is 0 Å². The first-order chi connectivity index (χ1) is 8.26.